The molecule has 0 aliphatic heterocycles. The smallest absolute Gasteiger partial charge is 0.234 e. The molecule has 1 unspecified atom stereocenters. The van der Waals surface area contributed by atoms with Crippen LogP contribution in [0.3, 0.4) is 0 Å². The predicted octanol–water partition coefficient (Wildman–Crippen LogP) is -0.586. The van der Waals surface area contributed by atoms with Gasteiger partial charge in [-0.1, -0.05) is 0 Å². The number of nitrogens with zero attached hydrogens (tertiary/aromatic N) is 1. The molecule has 0 aromatic rings. The summed E-state index contributed by atoms with van der Waals surface area (Å²) in [7, 11) is 1.51. The third kappa shape index (κ3) is 6.08. The molecule has 0 aromatic heterocycles. The van der Waals surface area contributed by atoms with E-state index in [1.54, 1.807) is 6.07 Å². The van der Waals surface area contributed by atoms with Gasteiger partial charge in [-0.15, -0.1) is 0 Å². The number of nitrogens with one attached hydrogen (secondary N) is 1. The van der Waals surface area contributed by atoms with Gasteiger partial charge in [-0.2, -0.15) is 5.26 Å². The number of hydrogen-bond donors (Lipinski definition) is 2. The highest BCUT2D eigenvalue weighted by Gasteiger charge is 2.10. The second-order valence-electron chi connectivity index (χ2n) is 2.57. The van der Waals surface area contributed by atoms with Crippen LogP contribution >= 0.6 is 0 Å². The fourth-order valence-corrected chi connectivity index (χ4v) is 0.905. The zero-order chi connectivity index (χ0) is 10.1. The second kappa shape index (κ2) is 7.53. The highest BCUT2D eigenvalue weighted by Crippen LogP contribution is 1.92. The maximum absolute atomic E-state index is 10.9. The molecule has 0 radical (unpaired) electrons. The molecule has 0 aromatic carbocycles. The van der Waals surface area contributed by atoms with Crippen LogP contribution in [-0.4, -0.2) is 37.4 Å². The molecule has 5 nitrogen and oxygen atoms in total. The molecule has 1 amide bonds. The van der Waals surface area contributed by atoms with Crippen molar-refractivity contribution in [3.8, 4) is 6.07 Å². The van der Waals surface area contributed by atoms with Crippen molar-refractivity contribution in [3.63, 3.8) is 0 Å². The summed E-state index contributed by atoms with van der Waals surface area (Å²) >= 11 is 0. The molecule has 0 fully saturated rings. The van der Waals surface area contributed by atoms with Crippen molar-refractivity contribution in [3.05, 3.63) is 0 Å². The number of nitriles is 1. The number of aliphatic hydroxyl groups excluding tert-OH is 1. The molecular formula is C8H14N2O3. The average molecular weight is 186 g/mol. The number of methoxy groups -OCH3 is 1. The van der Waals surface area contributed by atoms with E-state index in [4.69, 9.17) is 15.1 Å². The molecule has 0 bridgehead atoms. The summed E-state index contributed by atoms with van der Waals surface area (Å²) in [4.78, 5) is 10.9. The van der Waals surface area contributed by atoms with Gasteiger partial charge in [-0.05, 0) is 6.42 Å². The second-order valence-corrected chi connectivity index (χ2v) is 2.57. The molecule has 1 atom stereocenters. The first kappa shape index (κ1) is 11.9. The number of aliphatic hydroxyl groups is 1. The summed E-state index contributed by atoms with van der Waals surface area (Å²) in [6.07, 6.45) is 0.274. The lowest BCUT2D eigenvalue weighted by Gasteiger charge is -2.15. The van der Waals surface area contributed by atoms with Gasteiger partial charge in [-0.25, -0.2) is 0 Å². The Morgan fingerprint density at radius 1 is 1.77 bits per heavy atom. The number of rotatable bonds is 6. The molecule has 0 rings (SSSR count). The maximum atomic E-state index is 10.9. The van der Waals surface area contributed by atoms with E-state index in [1.807, 2.05) is 0 Å². The van der Waals surface area contributed by atoms with Crippen molar-refractivity contribution in [2.75, 3.05) is 20.3 Å². The van der Waals surface area contributed by atoms with Crippen molar-refractivity contribution in [1.29, 1.82) is 5.26 Å². The summed E-state index contributed by atoms with van der Waals surface area (Å²) < 4.78 is 4.83. The topological polar surface area (TPSA) is 82.3 Å². The molecule has 0 aliphatic rings. The van der Waals surface area contributed by atoms with Gasteiger partial charge in [0.05, 0.1) is 18.7 Å². The Kier molecular flexibility index (Phi) is 6.88. The molecule has 0 saturated heterocycles. The van der Waals surface area contributed by atoms with Gasteiger partial charge in [0.2, 0.25) is 5.91 Å². The van der Waals surface area contributed by atoms with Crippen LogP contribution in [0.1, 0.15) is 12.8 Å². The first-order valence-corrected chi connectivity index (χ1v) is 4.00. The number of ether oxygens (including phenoxy) is 1. The minimum atomic E-state index is -0.335. The lowest BCUT2D eigenvalue weighted by molar-refractivity contribution is -0.121. The lowest BCUT2D eigenvalue weighted by atomic mass is 10.2. The summed E-state index contributed by atoms with van der Waals surface area (Å²) in [6.45, 7) is 0.332. The SMILES string of the molecule is COCC(CCO)NC(=O)CC#N. The van der Waals surface area contributed by atoms with Crippen LogP contribution in [0.4, 0.5) is 0 Å². The van der Waals surface area contributed by atoms with E-state index in [9.17, 15) is 4.79 Å². The van der Waals surface area contributed by atoms with Crippen molar-refractivity contribution in [2.24, 2.45) is 0 Å². The molecule has 74 valence electrons. The van der Waals surface area contributed by atoms with Crippen LogP contribution in [-0.2, 0) is 9.53 Å². The fourth-order valence-electron chi connectivity index (χ4n) is 0.905. The molecule has 0 aliphatic carbocycles. The van der Waals surface area contributed by atoms with Gasteiger partial charge in [0.1, 0.15) is 6.42 Å². The molecule has 5 heteroatoms. The number of amides is 1. The van der Waals surface area contributed by atoms with Gasteiger partial charge in [0.15, 0.2) is 0 Å². The first-order valence-electron chi connectivity index (χ1n) is 4.00. The summed E-state index contributed by atoms with van der Waals surface area (Å²) in [5.74, 6) is -0.335. The minimum absolute atomic E-state index is 0.0130. The van der Waals surface area contributed by atoms with E-state index < -0.39 is 0 Å². The van der Waals surface area contributed by atoms with Gasteiger partial charge in [-0.3, -0.25) is 4.79 Å². The van der Waals surface area contributed by atoms with Gasteiger partial charge < -0.3 is 15.2 Å². The van der Waals surface area contributed by atoms with E-state index in [-0.39, 0.29) is 25.0 Å². The van der Waals surface area contributed by atoms with Crippen LogP contribution in [0.15, 0.2) is 0 Å². The maximum Gasteiger partial charge on any atom is 0.234 e. The third-order valence-electron chi connectivity index (χ3n) is 1.45. The monoisotopic (exact) mass is 186 g/mol. The molecule has 0 spiro atoms. The Morgan fingerprint density at radius 2 is 2.46 bits per heavy atom. The van der Waals surface area contributed by atoms with Crippen molar-refractivity contribution >= 4 is 5.91 Å². The van der Waals surface area contributed by atoms with E-state index in [0.29, 0.717) is 13.0 Å². The quantitative estimate of drug-likeness (QED) is 0.581. The van der Waals surface area contributed by atoms with Gasteiger partial charge in [0.25, 0.3) is 0 Å². The zero-order valence-corrected chi connectivity index (χ0v) is 7.62. The predicted molar refractivity (Wildman–Crippen MR) is 45.7 cm³/mol. The van der Waals surface area contributed by atoms with Crippen molar-refractivity contribution in [1.82, 2.24) is 5.32 Å². The van der Waals surface area contributed by atoms with E-state index in [0.717, 1.165) is 0 Å². The molecular weight excluding hydrogens is 172 g/mol. The summed E-state index contributed by atoms with van der Waals surface area (Å²) in [6, 6.07) is 1.53. The Morgan fingerprint density at radius 3 is 2.92 bits per heavy atom. The minimum Gasteiger partial charge on any atom is -0.396 e. The van der Waals surface area contributed by atoms with Gasteiger partial charge >= 0.3 is 0 Å². The van der Waals surface area contributed by atoms with E-state index in [1.165, 1.54) is 7.11 Å². The lowest BCUT2D eigenvalue weighted by Crippen LogP contribution is -2.38. The van der Waals surface area contributed by atoms with Crippen LogP contribution in [0, 0.1) is 11.3 Å². The Bertz CT molecular complexity index is 182. The highest BCUT2D eigenvalue weighted by atomic mass is 16.5. The Labute approximate surface area is 77.3 Å². The molecule has 13 heavy (non-hydrogen) atoms. The third-order valence-corrected chi connectivity index (χ3v) is 1.45. The highest BCUT2D eigenvalue weighted by molar-refractivity contribution is 5.78. The first-order chi connectivity index (χ1) is 6.24. The molecule has 2 N–H and O–H groups in total. The fraction of sp³-hybridized carbons (Fsp3) is 0.750. The van der Waals surface area contributed by atoms with Gasteiger partial charge in [0, 0.05) is 13.7 Å². The number of carbonyl (C=O) groups is 1. The van der Waals surface area contributed by atoms with Crippen molar-refractivity contribution < 1.29 is 14.6 Å². The van der Waals surface area contributed by atoms with Crippen molar-refractivity contribution in [2.45, 2.75) is 18.9 Å². The Hall–Kier alpha value is -1.12. The van der Waals surface area contributed by atoms with E-state index in [2.05, 4.69) is 5.32 Å². The van der Waals surface area contributed by atoms with E-state index >= 15 is 0 Å². The van der Waals surface area contributed by atoms with Crippen LogP contribution in [0.5, 0.6) is 0 Å². The normalized spacial score (nSPS) is 11.8. The Balaban J connectivity index is 3.80. The van der Waals surface area contributed by atoms with Crippen LogP contribution in [0.2, 0.25) is 0 Å². The number of hydrogen-bond acceptors (Lipinski definition) is 4. The standard InChI is InChI=1S/C8H14N2O3/c1-13-6-7(3-5-11)10-8(12)2-4-9/h7,11H,2-3,5-6H2,1H3,(H,10,12). The summed E-state index contributed by atoms with van der Waals surface area (Å²) in [5.41, 5.74) is 0. The largest absolute Gasteiger partial charge is 0.396 e. The zero-order valence-electron chi connectivity index (χ0n) is 7.62. The molecule has 0 saturated carbocycles. The average Bonchev–Trinajstić information content (AvgIpc) is 2.05. The van der Waals surface area contributed by atoms with Crippen LogP contribution in [0.25, 0.3) is 0 Å². The number of carbonyl (C=O) groups excluding carboxylic acids is 1. The summed E-state index contributed by atoms with van der Waals surface area (Å²) in [5, 5.41) is 19.4. The molecule has 0 heterocycles. The van der Waals surface area contributed by atoms with Crippen LogP contribution < -0.4 is 5.32 Å².